The van der Waals surface area contributed by atoms with Crippen LogP contribution in [0.15, 0.2) is 10.6 Å². The van der Waals surface area contributed by atoms with Gasteiger partial charge in [0.15, 0.2) is 5.82 Å². The average Bonchev–Trinajstić information content (AvgIpc) is 2.78. The molecular weight excluding hydrogens is 230 g/mol. The van der Waals surface area contributed by atoms with Crippen molar-refractivity contribution in [3.05, 3.63) is 11.8 Å². The maximum atomic E-state index is 12.0. The quantitative estimate of drug-likeness (QED) is 0.834. The molecule has 100 valence electrons. The topological polar surface area (TPSA) is 58.4 Å². The first-order chi connectivity index (χ1) is 8.47. The molecule has 5 heteroatoms. The Bertz CT molecular complexity index is 414. The third-order valence-electron chi connectivity index (χ3n) is 3.13. The van der Waals surface area contributed by atoms with Crippen LogP contribution in [0, 0.1) is 0 Å². The van der Waals surface area contributed by atoms with Gasteiger partial charge in [-0.3, -0.25) is 5.32 Å². The third kappa shape index (κ3) is 3.03. The van der Waals surface area contributed by atoms with Gasteiger partial charge in [0.25, 0.3) is 0 Å². The molecular formula is C13H21N3O2. The number of nitrogens with one attached hydrogen (secondary N) is 1. The van der Waals surface area contributed by atoms with Crippen molar-refractivity contribution in [3.63, 3.8) is 0 Å². The van der Waals surface area contributed by atoms with Crippen molar-refractivity contribution in [2.75, 3.05) is 18.4 Å². The number of anilines is 1. The molecule has 1 fully saturated rings. The zero-order valence-corrected chi connectivity index (χ0v) is 11.3. The van der Waals surface area contributed by atoms with E-state index in [1.54, 1.807) is 6.07 Å². The third-order valence-corrected chi connectivity index (χ3v) is 3.13. The van der Waals surface area contributed by atoms with Crippen molar-refractivity contribution < 1.29 is 9.32 Å². The summed E-state index contributed by atoms with van der Waals surface area (Å²) in [5, 5.41) is 6.67. The molecule has 0 spiro atoms. The van der Waals surface area contributed by atoms with Gasteiger partial charge in [0.1, 0.15) is 5.76 Å². The maximum absolute atomic E-state index is 12.0. The van der Waals surface area contributed by atoms with Crippen molar-refractivity contribution in [1.82, 2.24) is 10.1 Å². The van der Waals surface area contributed by atoms with Crippen LogP contribution in [0.4, 0.5) is 10.6 Å². The van der Waals surface area contributed by atoms with E-state index in [0.717, 1.165) is 31.7 Å². The zero-order valence-electron chi connectivity index (χ0n) is 11.3. The van der Waals surface area contributed by atoms with Gasteiger partial charge in [-0.05, 0) is 19.3 Å². The summed E-state index contributed by atoms with van der Waals surface area (Å²) >= 11 is 0. The Morgan fingerprint density at radius 2 is 2.00 bits per heavy atom. The van der Waals surface area contributed by atoms with Gasteiger partial charge in [0.05, 0.1) is 0 Å². The highest BCUT2D eigenvalue weighted by Crippen LogP contribution is 2.24. The minimum absolute atomic E-state index is 0.0801. The van der Waals surface area contributed by atoms with Crippen LogP contribution in [0.3, 0.4) is 0 Å². The van der Waals surface area contributed by atoms with Gasteiger partial charge in [-0.1, -0.05) is 25.9 Å². The van der Waals surface area contributed by atoms with E-state index < -0.39 is 0 Å². The number of amides is 2. The summed E-state index contributed by atoms with van der Waals surface area (Å²) in [6, 6.07) is 1.71. The van der Waals surface area contributed by atoms with Crippen molar-refractivity contribution in [2.24, 2.45) is 0 Å². The average molecular weight is 251 g/mol. The number of likely N-dealkylation sites (tertiary alicyclic amines) is 1. The summed E-state index contributed by atoms with van der Waals surface area (Å²) in [6.45, 7) is 7.79. The number of urea groups is 1. The molecule has 0 radical (unpaired) electrons. The van der Waals surface area contributed by atoms with Gasteiger partial charge in [-0.25, -0.2) is 4.79 Å². The van der Waals surface area contributed by atoms with Crippen molar-refractivity contribution in [3.8, 4) is 0 Å². The fraction of sp³-hybridized carbons (Fsp3) is 0.692. The number of carbonyl (C=O) groups excluding carboxylic acids is 1. The Kier molecular flexibility index (Phi) is 3.59. The Labute approximate surface area is 108 Å². The number of rotatable bonds is 1. The highest BCUT2D eigenvalue weighted by Gasteiger charge is 2.22. The molecule has 1 aromatic heterocycles. The lowest BCUT2D eigenvalue weighted by Crippen LogP contribution is -2.38. The summed E-state index contributed by atoms with van der Waals surface area (Å²) < 4.78 is 5.23. The molecule has 5 nitrogen and oxygen atoms in total. The van der Waals surface area contributed by atoms with Crippen LogP contribution in [0.5, 0.6) is 0 Å². The van der Waals surface area contributed by atoms with Gasteiger partial charge in [-0.2, -0.15) is 0 Å². The Morgan fingerprint density at radius 1 is 1.33 bits per heavy atom. The van der Waals surface area contributed by atoms with E-state index in [2.05, 4.69) is 10.5 Å². The van der Waals surface area contributed by atoms with Crippen molar-refractivity contribution in [1.29, 1.82) is 0 Å². The minimum Gasteiger partial charge on any atom is -0.359 e. The number of carbonyl (C=O) groups is 1. The monoisotopic (exact) mass is 251 g/mol. The molecule has 1 aliphatic rings. The predicted molar refractivity (Wildman–Crippen MR) is 69.6 cm³/mol. The summed E-state index contributed by atoms with van der Waals surface area (Å²) in [7, 11) is 0. The molecule has 2 rings (SSSR count). The van der Waals surface area contributed by atoms with E-state index in [1.165, 1.54) is 6.42 Å². The van der Waals surface area contributed by atoms with Crippen LogP contribution >= 0.6 is 0 Å². The molecule has 0 unspecified atom stereocenters. The van der Waals surface area contributed by atoms with E-state index in [0.29, 0.717) is 5.82 Å². The van der Waals surface area contributed by atoms with E-state index in [4.69, 9.17) is 4.52 Å². The number of hydrogen-bond acceptors (Lipinski definition) is 3. The van der Waals surface area contributed by atoms with Gasteiger partial charge in [-0.15, -0.1) is 0 Å². The zero-order chi connectivity index (χ0) is 13.2. The SMILES string of the molecule is CC(C)(C)c1cc(NC(=O)N2CCCCC2)no1. The van der Waals surface area contributed by atoms with Crippen LogP contribution in [0.25, 0.3) is 0 Å². The van der Waals surface area contributed by atoms with Crippen LogP contribution in [0.2, 0.25) is 0 Å². The maximum Gasteiger partial charge on any atom is 0.323 e. The largest absolute Gasteiger partial charge is 0.359 e. The summed E-state index contributed by atoms with van der Waals surface area (Å²) in [5.74, 6) is 1.27. The lowest BCUT2D eigenvalue weighted by molar-refractivity contribution is 0.200. The second-order valence-corrected chi connectivity index (χ2v) is 5.80. The number of hydrogen-bond donors (Lipinski definition) is 1. The van der Waals surface area contributed by atoms with Crippen molar-refractivity contribution in [2.45, 2.75) is 45.4 Å². The van der Waals surface area contributed by atoms with Gasteiger partial charge >= 0.3 is 6.03 Å². The van der Waals surface area contributed by atoms with Crippen LogP contribution in [-0.2, 0) is 5.41 Å². The molecule has 1 saturated heterocycles. The molecule has 0 aromatic carbocycles. The van der Waals surface area contributed by atoms with E-state index >= 15 is 0 Å². The van der Waals surface area contributed by atoms with Gasteiger partial charge in [0, 0.05) is 24.6 Å². The highest BCUT2D eigenvalue weighted by molar-refractivity contribution is 5.88. The molecule has 0 bridgehead atoms. The Hall–Kier alpha value is -1.52. The molecule has 2 heterocycles. The molecule has 0 atom stereocenters. The molecule has 1 N–H and O–H groups in total. The molecule has 1 aromatic rings. The standard InChI is InChI=1S/C13H21N3O2/c1-13(2,3)10-9-11(15-18-10)14-12(17)16-7-5-4-6-8-16/h9H,4-8H2,1-3H3,(H,14,15,17). The molecule has 0 aliphatic carbocycles. The number of aromatic nitrogens is 1. The van der Waals surface area contributed by atoms with Crippen LogP contribution in [-0.4, -0.2) is 29.2 Å². The number of piperidine rings is 1. The lowest BCUT2D eigenvalue weighted by Gasteiger charge is -2.26. The smallest absolute Gasteiger partial charge is 0.323 e. The predicted octanol–water partition coefficient (Wildman–Crippen LogP) is 2.99. The van der Waals surface area contributed by atoms with Gasteiger partial charge in [0.2, 0.25) is 0 Å². The van der Waals surface area contributed by atoms with E-state index in [9.17, 15) is 4.79 Å². The second kappa shape index (κ2) is 5.00. The summed E-state index contributed by atoms with van der Waals surface area (Å²) in [4.78, 5) is 13.8. The molecule has 18 heavy (non-hydrogen) atoms. The molecule has 2 amide bonds. The summed E-state index contributed by atoms with van der Waals surface area (Å²) in [5.41, 5.74) is -0.0961. The van der Waals surface area contributed by atoms with Gasteiger partial charge < -0.3 is 9.42 Å². The highest BCUT2D eigenvalue weighted by atomic mass is 16.5. The molecule has 0 saturated carbocycles. The fourth-order valence-corrected chi connectivity index (χ4v) is 1.97. The Balaban J connectivity index is 1.96. The lowest BCUT2D eigenvalue weighted by atomic mass is 9.93. The molecule has 1 aliphatic heterocycles. The normalized spacial score (nSPS) is 16.7. The first kappa shape index (κ1) is 12.9. The summed E-state index contributed by atoms with van der Waals surface area (Å²) in [6.07, 6.45) is 3.38. The van der Waals surface area contributed by atoms with E-state index in [1.807, 2.05) is 25.7 Å². The van der Waals surface area contributed by atoms with Crippen LogP contribution < -0.4 is 5.32 Å². The fourth-order valence-electron chi connectivity index (χ4n) is 1.97. The first-order valence-corrected chi connectivity index (χ1v) is 6.50. The second-order valence-electron chi connectivity index (χ2n) is 5.80. The van der Waals surface area contributed by atoms with E-state index in [-0.39, 0.29) is 11.4 Å². The van der Waals surface area contributed by atoms with Crippen LogP contribution in [0.1, 0.15) is 45.8 Å². The van der Waals surface area contributed by atoms with Crippen molar-refractivity contribution >= 4 is 11.8 Å². The number of nitrogens with zero attached hydrogens (tertiary/aromatic N) is 2. The Morgan fingerprint density at radius 3 is 2.56 bits per heavy atom. The first-order valence-electron chi connectivity index (χ1n) is 6.50. The minimum atomic E-state index is -0.0961.